The van der Waals surface area contributed by atoms with E-state index in [0.29, 0.717) is 0 Å². The fourth-order valence-corrected chi connectivity index (χ4v) is 3.33. The zero-order valence-electron chi connectivity index (χ0n) is 11.1. The lowest BCUT2D eigenvalue weighted by Crippen LogP contribution is -2.14. The normalized spacial score (nSPS) is 15.3. The van der Waals surface area contributed by atoms with Gasteiger partial charge in [0, 0.05) is 22.6 Å². The number of rotatable bonds is 0. The van der Waals surface area contributed by atoms with E-state index in [1.165, 1.54) is 27.6 Å². The number of hydrogen-bond acceptors (Lipinski definition) is 1. The molecule has 1 nitrogen and oxygen atoms in total. The topological polar surface area (TPSA) is 12.9 Å². The van der Waals surface area contributed by atoms with Gasteiger partial charge in [-0.25, -0.2) is 0 Å². The molecule has 0 fully saturated rings. The molecular weight excluding hydrogens is 230 g/mol. The van der Waals surface area contributed by atoms with Crippen molar-refractivity contribution in [1.29, 1.82) is 0 Å². The lowest BCUT2D eigenvalue weighted by molar-refractivity contribution is 0.661. The van der Waals surface area contributed by atoms with Gasteiger partial charge in [-0.15, -0.1) is 0 Å². The van der Waals surface area contributed by atoms with Crippen LogP contribution in [0.5, 0.6) is 0 Å². The minimum absolute atomic E-state index is 0.0671. The first-order valence-electron chi connectivity index (χ1n) is 6.68. The van der Waals surface area contributed by atoms with Crippen molar-refractivity contribution in [3.8, 4) is 11.1 Å². The van der Waals surface area contributed by atoms with Crippen LogP contribution in [-0.4, -0.2) is 4.98 Å². The molecule has 0 amide bonds. The van der Waals surface area contributed by atoms with Gasteiger partial charge in [-0.2, -0.15) is 0 Å². The first kappa shape index (κ1) is 10.7. The Morgan fingerprint density at radius 3 is 2.58 bits per heavy atom. The molecule has 4 rings (SSSR count). The summed E-state index contributed by atoms with van der Waals surface area (Å²) in [5.41, 5.74) is 6.64. The molecule has 1 heterocycles. The van der Waals surface area contributed by atoms with E-state index in [1.54, 1.807) is 0 Å². The molecule has 1 aliphatic carbocycles. The molecule has 1 aromatic heterocycles. The Bertz CT molecular complexity index is 800. The number of aromatic nitrogens is 1. The second kappa shape index (κ2) is 3.45. The summed E-state index contributed by atoms with van der Waals surface area (Å²) in [5, 5.41) is 1.22. The molecule has 0 atom stereocenters. The monoisotopic (exact) mass is 245 g/mol. The van der Waals surface area contributed by atoms with Crippen molar-refractivity contribution in [2.24, 2.45) is 0 Å². The number of hydrogen-bond donors (Lipinski definition) is 0. The van der Waals surface area contributed by atoms with Crippen molar-refractivity contribution in [3.05, 3.63) is 65.9 Å². The minimum atomic E-state index is 0.0671. The first-order valence-corrected chi connectivity index (χ1v) is 6.68. The predicted molar refractivity (Wildman–Crippen MR) is 79.3 cm³/mol. The van der Waals surface area contributed by atoms with Crippen molar-refractivity contribution in [3.63, 3.8) is 0 Å². The van der Waals surface area contributed by atoms with E-state index in [-0.39, 0.29) is 5.41 Å². The van der Waals surface area contributed by atoms with Crippen molar-refractivity contribution in [2.45, 2.75) is 19.3 Å². The predicted octanol–water partition coefficient (Wildman–Crippen LogP) is 4.54. The molecule has 0 spiro atoms. The molecule has 0 unspecified atom stereocenters. The molecule has 0 N–H and O–H groups in total. The summed E-state index contributed by atoms with van der Waals surface area (Å²) in [5.74, 6) is 0. The Morgan fingerprint density at radius 1 is 0.842 bits per heavy atom. The van der Waals surface area contributed by atoms with Crippen molar-refractivity contribution in [1.82, 2.24) is 4.98 Å². The first-order chi connectivity index (χ1) is 9.19. The molecule has 1 aliphatic rings. The number of fused-ring (bicyclic) bond motifs is 5. The van der Waals surface area contributed by atoms with E-state index in [2.05, 4.69) is 61.3 Å². The van der Waals surface area contributed by atoms with E-state index >= 15 is 0 Å². The van der Waals surface area contributed by atoms with E-state index in [1.807, 2.05) is 12.3 Å². The lowest BCUT2D eigenvalue weighted by Gasteiger charge is -2.21. The number of pyridine rings is 1. The third-order valence-corrected chi connectivity index (χ3v) is 4.32. The zero-order valence-corrected chi connectivity index (χ0v) is 11.1. The largest absolute Gasteiger partial charge is 0.256 e. The van der Waals surface area contributed by atoms with Gasteiger partial charge in [0.25, 0.3) is 0 Å². The van der Waals surface area contributed by atoms with E-state index < -0.39 is 0 Å². The van der Waals surface area contributed by atoms with Crippen LogP contribution in [0, 0.1) is 0 Å². The van der Waals surface area contributed by atoms with Crippen LogP contribution in [0.2, 0.25) is 0 Å². The fraction of sp³-hybridized carbons (Fsp3) is 0.167. The number of nitrogens with zero attached hydrogens (tertiary/aromatic N) is 1. The van der Waals surface area contributed by atoms with Crippen molar-refractivity contribution < 1.29 is 0 Å². The molecule has 0 saturated carbocycles. The summed E-state index contributed by atoms with van der Waals surface area (Å²) in [7, 11) is 0. The molecule has 19 heavy (non-hydrogen) atoms. The molecule has 92 valence electrons. The Kier molecular flexibility index (Phi) is 1.95. The smallest absolute Gasteiger partial charge is 0.0783 e. The molecule has 1 heteroatoms. The summed E-state index contributed by atoms with van der Waals surface area (Å²) in [6, 6.07) is 17.3. The summed E-state index contributed by atoms with van der Waals surface area (Å²) >= 11 is 0. The third-order valence-electron chi connectivity index (χ3n) is 4.32. The summed E-state index contributed by atoms with van der Waals surface area (Å²) in [6.45, 7) is 4.60. The van der Waals surface area contributed by atoms with Crippen LogP contribution in [0.3, 0.4) is 0 Å². The molecule has 0 radical (unpaired) electrons. The van der Waals surface area contributed by atoms with Gasteiger partial charge < -0.3 is 0 Å². The highest BCUT2D eigenvalue weighted by molar-refractivity contribution is 5.99. The van der Waals surface area contributed by atoms with Crippen LogP contribution in [0.4, 0.5) is 0 Å². The van der Waals surface area contributed by atoms with Gasteiger partial charge >= 0.3 is 0 Å². The summed E-state index contributed by atoms with van der Waals surface area (Å²) < 4.78 is 0. The van der Waals surface area contributed by atoms with Crippen LogP contribution >= 0.6 is 0 Å². The zero-order chi connectivity index (χ0) is 13.0. The Balaban J connectivity index is 2.22. The Morgan fingerprint density at radius 2 is 1.68 bits per heavy atom. The maximum Gasteiger partial charge on any atom is 0.0783 e. The second-order valence-corrected chi connectivity index (χ2v) is 5.73. The van der Waals surface area contributed by atoms with Gasteiger partial charge in [0.2, 0.25) is 0 Å². The Hall–Kier alpha value is -2.15. The van der Waals surface area contributed by atoms with Gasteiger partial charge in [0.05, 0.1) is 5.52 Å². The molecule has 0 saturated heterocycles. The second-order valence-electron chi connectivity index (χ2n) is 5.73. The fourth-order valence-electron chi connectivity index (χ4n) is 3.33. The van der Waals surface area contributed by atoms with E-state index in [9.17, 15) is 0 Å². The molecule has 3 aromatic rings. The van der Waals surface area contributed by atoms with Crippen LogP contribution in [0.15, 0.2) is 54.7 Å². The average Bonchev–Trinajstić information content (AvgIpc) is 2.68. The maximum atomic E-state index is 4.62. The summed E-state index contributed by atoms with van der Waals surface area (Å²) in [6.07, 6.45) is 1.89. The van der Waals surface area contributed by atoms with Crippen LogP contribution in [-0.2, 0) is 5.41 Å². The highest BCUT2D eigenvalue weighted by Gasteiger charge is 2.36. The molecule has 0 bridgehead atoms. The lowest BCUT2D eigenvalue weighted by atomic mass is 9.82. The van der Waals surface area contributed by atoms with Crippen LogP contribution in [0.1, 0.15) is 25.0 Å². The minimum Gasteiger partial charge on any atom is -0.256 e. The van der Waals surface area contributed by atoms with Gasteiger partial charge in [0.15, 0.2) is 0 Å². The molecule has 0 aliphatic heterocycles. The van der Waals surface area contributed by atoms with Gasteiger partial charge in [-0.3, -0.25) is 4.98 Å². The summed E-state index contributed by atoms with van der Waals surface area (Å²) in [4.78, 5) is 4.62. The van der Waals surface area contributed by atoms with Crippen LogP contribution < -0.4 is 0 Å². The SMILES string of the molecule is CC1(C)c2ccccc2-c2c1ccc1cccnc21. The molecule has 2 aromatic carbocycles. The third kappa shape index (κ3) is 1.27. The van der Waals surface area contributed by atoms with Gasteiger partial charge in [-0.1, -0.05) is 56.3 Å². The van der Waals surface area contributed by atoms with E-state index in [0.717, 1.165) is 5.52 Å². The Labute approximate surface area is 112 Å². The van der Waals surface area contributed by atoms with Crippen molar-refractivity contribution >= 4 is 10.9 Å². The highest BCUT2D eigenvalue weighted by atomic mass is 14.7. The van der Waals surface area contributed by atoms with Crippen molar-refractivity contribution in [2.75, 3.05) is 0 Å². The van der Waals surface area contributed by atoms with Crippen LogP contribution in [0.25, 0.3) is 22.0 Å². The highest BCUT2D eigenvalue weighted by Crippen LogP contribution is 2.50. The maximum absolute atomic E-state index is 4.62. The average molecular weight is 245 g/mol. The number of benzene rings is 2. The van der Waals surface area contributed by atoms with E-state index in [4.69, 9.17) is 0 Å². The standard InChI is InChI=1S/C18H15N/c1-18(2)14-8-4-3-7-13(14)16-15(18)10-9-12-6-5-11-19-17(12)16/h3-11H,1-2H3. The molecular formula is C18H15N. The van der Waals surface area contributed by atoms with Gasteiger partial charge in [0.1, 0.15) is 0 Å². The van der Waals surface area contributed by atoms with Gasteiger partial charge in [-0.05, 0) is 22.8 Å². The quantitative estimate of drug-likeness (QED) is 0.566.